The molecule has 1 aromatic carbocycles. The summed E-state index contributed by atoms with van der Waals surface area (Å²) in [7, 11) is 0. The summed E-state index contributed by atoms with van der Waals surface area (Å²) in [6.07, 6.45) is 5.88. The zero-order valence-electron chi connectivity index (χ0n) is 14.2. The maximum atomic E-state index is 11.3. The number of halogens is 1. The molecule has 0 aliphatic heterocycles. The molecule has 1 fully saturated rings. The number of hydrogen-bond acceptors (Lipinski definition) is 4. The highest BCUT2D eigenvalue weighted by molar-refractivity contribution is 6.30. The van der Waals surface area contributed by atoms with Crippen molar-refractivity contribution < 1.29 is 9.90 Å². The lowest BCUT2D eigenvalue weighted by molar-refractivity contribution is 0.0690. The fraction of sp³-hybridized carbons (Fsp3) is 0.316. The summed E-state index contributed by atoms with van der Waals surface area (Å²) in [6, 6.07) is 11.2. The highest BCUT2D eigenvalue weighted by Crippen LogP contribution is 2.27. The normalized spacial score (nSPS) is 15.3. The molecule has 2 N–H and O–H groups in total. The van der Waals surface area contributed by atoms with Crippen LogP contribution in [0.3, 0.4) is 0 Å². The van der Waals surface area contributed by atoms with Crippen LogP contribution in [0.15, 0.2) is 36.4 Å². The summed E-state index contributed by atoms with van der Waals surface area (Å²) in [5.41, 5.74) is 2.16. The van der Waals surface area contributed by atoms with Crippen LogP contribution in [0.5, 0.6) is 0 Å². The van der Waals surface area contributed by atoms with Gasteiger partial charge in [0.05, 0.1) is 5.69 Å². The number of hydrogen-bond donors (Lipinski definition) is 2. The van der Waals surface area contributed by atoms with Gasteiger partial charge in [0, 0.05) is 28.8 Å². The molecule has 0 bridgehead atoms. The molecule has 1 aliphatic carbocycles. The molecule has 0 saturated heterocycles. The van der Waals surface area contributed by atoms with Crippen molar-refractivity contribution in [3.05, 3.63) is 47.1 Å². The number of aromatic nitrogens is 3. The molecule has 3 aromatic rings. The first-order valence-electron chi connectivity index (χ1n) is 8.77. The predicted octanol–water partition coefficient (Wildman–Crippen LogP) is 4.49. The van der Waals surface area contributed by atoms with Crippen LogP contribution in [0.4, 0.5) is 5.82 Å². The number of aromatic carboxylic acids is 1. The fourth-order valence-electron chi connectivity index (χ4n) is 3.41. The molecule has 26 heavy (non-hydrogen) atoms. The van der Waals surface area contributed by atoms with E-state index in [9.17, 15) is 9.90 Å². The van der Waals surface area contributed by atoms with Gasteiger partial charge in [-0.15, -0.1) is 0 Å². The summed E-state index contributed by atoms with van der Waals surface area (Å²) < 4.78 is 1.58. The van der Waals surface area contributed by atoms with Gasteiger partial charge in [0.1, 0.15) is 5.82 Å². The van der Waals surface area contributed by atoms with E-state index in [0.29, 0.717) is 16.7 Å². The average molecular weight is 371 g/mol. The van der Waals surface area contributed by atoms with Crippen molar-refractivity contribution in [2.45, 2.75) is 38.1 Å². The summed E-state index contributed by atoms with van der Waals surface area (Å²) in [5, 5.41) is 17.7. The molecule has 6 nitrogen and oxygen atoms in total. The van der Waals surface area contributed by atoms with Crippen molar-refractivity contribution in [1.82, 2.24) is 14.6 Å². The quantitative estimate of drug-likeness (QED) is 0.707. The minimum Gasteiger partial charge on any atom is -0.476 e. The van der Waals surface area contributed by atoms with Crippen LogP contribution in [-0.4, -0.2) is 31.7 Å². The van der Waals surface area contributed by atoms with Crippen LogP contribution in [0, 0.1) is 0 Å². The van der Waals surface area contributed by atoms with Gasteiger partial charge in [0.15, 0.2) is 11.3 Å². The molecule has 2 aromatic heterocycles. The summed E-state index contributed by atoms with van der Waals surface area (Å²) in [4.78, 5) is 15.9. The van der Waals surface area contributed by atoms with E-state index in [1.165, 1.54) is 25.3 Å². The standard InChI is InChI=1S/C19H19ClN4O2/c20-13-8-6-12(7-9-13)15-10-17(21-14-4-2-1-3-5-14)24-18(22-15)11-16(23-24)19(25)26/h6-11,14,21H,1-5H2,(H,25,26). The molecule has 0 atom stereocenters. The van der Waals surface area contributed by atoms with Crippen LogP contribution in [-0.2, 0) is 0 Å². The molecule has 1 aliphatic rings. The van der Waals surface area contributed by atoms with E-state index in [1.807, 2.05) is 30.3 Å². The van der Waals surface area contributed by atoms with Gasteiger partial charge in [-0.3, -0.25) is 0 Å². The van der Waals surface area contributed by atoms with E-state index in [4.69, 9.17) is 11.6 Å². The van der Waals surface area contributed by atoms with E-state index < -0.39 is 5.97 Å². The second-order valence-electron chi connectivity index (χ2n) is 6.62. The van der Waals surface area contributed by atoms with E-state index >= 15 is 0 Å². The van der Waals surface area contributed by atoms with Crippen molar-refractivity contribution in [1.29, 1.82) is 0 Å². The van der Waals surface area contributed by atoms with Gasteiger partial charge >= 0.3 is 5.97 Å². The molecule has 2 heterocycles. The van der Waals surface area contributed by atoms with Crippen LogP contribution in [0.1, 0.15) is 42.6 Å². The molecule has 134 valence electrons. The number of carboxylic acids is 1. The first kappa shape index (κ1) is 16.8. The predicted molar refractivity (Wildman–Crippen MR) is 101 cm³/mol. The van der Waals surface area contributed by atoms with E-state index in [0.717, 1.165) is 29.9 Å². The van der Waals surface area contributed by atoms with Crippen molar-refractivity contribution in [3.8, 4) is 11.3 Å². The molecule has 0 radical (unpaired) electrons. The van der Waals surface area contributed by atoms with E-state index in [-0.39, 0.29) is 5.69 Å². The number of fused-ring (bicyclic) bond motifs is 1. The number of benzene rings is 1. The number of carbonyl (C=O) groups is 1. The van der Waals surface area contributed by atoms with Gasteiger partial charge in [0.2, 0.25) is 0 Å². The number of anilines is 1. The van der Waals surface area contributed by atoms with Crippen molar-refractivity contribution in [2.24, 2.45) is 0 Å². The number of rotatable bonds is 4. The Morgan fingerprint density at radius 1 is 1.15 bits per heavy atom. The zero-order valence-corrected chi connectivity index (χ0v) is 14.9. The van der Waals surface area contributed by atoms with E-state index in [1.54, 1.807) is 4.52 Å². The Balaban J connectivity index is 1.80. The highest BCUT2D eigenvalue weighted by atomic mass is 35.5. The fourth-order valence-corrected chi connectivity index (χ4v) is 3.53. The van der Waals surface area contributed by atoms with Gasteiger partial charge in [-0.05, 0) is 25.0 Å². The number of carboxylic acid groups (broad SMARTS) is 1. The van der Waals surface area contributed by atoms with Crippen LogP contribution in [0.25, 0.3) is 16.9 Å². The molecule has 4 rings (SSSR count). The third-order valence-corrected chi connectivity index (χ3v) is 5.00. The lowest BCUT2D eigenvalue weighted by Crippen LogP contribution is -2.24. The van der Waals surface area contributed by atoms with Crippen LogP contribution < -0.4 is 5.32 Å². The van der Waals surface area contributed by atoms with Gasteiger partial charge < -0.3 is 10.4 Å². The Hall–Kier alpha value is -2.60. The molecular formula is C19H19ClN4O2. The largest absolute Gasteiger partial charge is 0.476 e. The Morgan fingerprint density at radius 2 is 1.88 bits per heavy atom. The van der Waals surface area contributed by atoms with Gasteiger partial charge in [-0.25, -0.2) is 9.78 Å². The van der Waals surface area contributed by atoms with Crippen molar-refractivity contribution >= 4 is 29.0 Å². The molecule has 0 unspecified atom stereocenters. The third-order valence-electron chi connectivity index (χ3n) is 4.74. The number of nitrogens with one attached hydrogen (secondary N) is 1. The topological polar surface area (TPSA) is 79.5 Å². The Bertz CT molecular complexity index is 946. The smallest absolute Gasteiger partial charge is 0.356 e. The molecule has 0 spiro atoms. The Morgan fingerprint density at radius 3 is 2.58 bits per heavy atom. The second-order valence-corrected chi connectivity index (χ2v) is 7.05. The zero-order chi connectivity index (χ0) is 18.1. The third kappa shape index (κ3) is 3.37. The molecule has 0 amide bonds. The lowest BCUT2D eigenvalue weighted by atomic mass is 9.95. The minimum atomic E-state index is -1.06. The first-order chi connectivity index (χ1) is 12.6. The van der Waals surface area contributed by atoms with Crippen molar-refractivity contribution in [3.63, 3.8) is 0 Å². The van der Waals surface area contributed by atoms with Gasteiger partial charge in [-0.2, -0.15) is 9.61 Å². The van der Waals surface area contributed by atoms with Crippen LogP contribution >= 0.6 is 11.6 Å². The molecule has 7 heteroatoms. The molecule has 1 saturated carbocycles. The van der Waals surface area contributed by atoms with Gasteiger partial charge in [-0.1, -0.05) is 43.0 Å². The SMILES string of the molecule is O=C(O)c1cc2nc(-c3ccc(Cl)cc3)cc(NC3CCCCC3)n2n1. The van der Waals surface area contributed by atoms with E-state index in [2.05, 4.69) is 15.4 Å². The van der Waals surface area contributed by atoms with Crippen molar-refractivity contribution in [2.75, 3.05) is 5.32 Å². The second kappa shape index (κ2) is 6.96. The maximum absolute atomic E-state index is 11.3. The maximum Gasteiger partial charge on any atom is 0.356 e. The first-order valence-corrected chi connectivity index (χ1v) is 9.14. The Labute approximate surface area is 155 Å². The highest BCUT2D eigenvalue weighted by Gasteiger charge is 2.18. The summed E-state index contributed by atoms with van der Waals surface area (Å²) in [5.74, 6) is -0.300. The summed E-state index contributed by atoms with van der Waals surface area (Å²) >= 11 is 5.98. The molecular weight excluding hydrogens is 352 g/mol. The lowest BCUT2D eigenvalue weighted by Gasteiger charge is -2.24. The monoisotopic (exact) mass is 370 g/mol. The summed E-state index contributed by atoms with van der Waals surface area (Å²) in [6.45, 7) is 0. The number of nitrogens with zero attached hydrogens (tertiary/aromatic N) is 3. The van der Waals surface area contributed by atoms with Crippen LogP contribution in [0.2, 0.25) is 5.02 Å². The average Bonchev–Trinajstić information content (AvgIpc) is 3.08. The van der Waals surface area contributed by atoms with Gasteiger partial charge in [0.25, 0.3) is 0 Å². The Kier molecular flexibility index (Phi) is 4.51. The minimum absolute atomic E-state index is 0.0162.